The quantitative estimate of drug-likeness (QED) is 0.163. The highest BCUT2D eigenvalue weighted by Gasteiger charge is 2.31. The Morgan fingerprint density at radius 2 is 1.05 bits per heavy atom. The minimum absolute atomic E-state index is 0.725. The number of fused-ring (bicyclic) bond motifs is 10. The van der Waals surface area contributed by atoms with Gasteiger partial charge in [-0.15, -0.1) is 0 Å². The topological polar surface area (TPSA) is 60.2 Å². The van der Waals surface area contributed by atoms with Gasteiger partial charge >= 0.3 is 0 Å². The van der Waals surface area contributed by atoms with E-state index in [0.29, 0.717) is 0 Å². The summed E-state index contributed by atoms with van der Waals surface area (Å²) in [6.07, 6.45) is 3.54. The van der Waals surface area contributed by atoms with Gasteiger partial charge in [0.2, 0.25) is 0 Å². The predicted molar refractivity (Wildman–Crippen MR) is 178 cm³/mol. The smallest absolute Gasteiger partial charge is 0.171 e. The summed E-state index contributed by atoms with van der Waals surface area (Å²) in [5.74, 6) is 0. The van der Waals surface area contributed by atoms with Crippen LogP contribution >= 0.6 is 7.14 Å². The van der Waals surface area contributed by atoms with Crippen molar-refractivity contribution < 1.29 is 4.57 Å². The number of pyridine rings is 3. The number of hydrogen-bond acceptors (Lipinski definition) is 4. The molecule has 0 spiro atoms. The molecule has 5 nitrogen and oxygen atoms in total. The molecule has 0 bridgehead atoms. The van der Waals surface area contributed by atoms with Crippen LogP contribution in [-0.4, -0.2) is 19.4 Å². The maximum atomic E-state index is 15.7. The lowest BCUT2D eigenvalue weighted by Crippen LogP contribution is -2.25. The standard InChI is InChI=1S/C37H23N4OP/c42-43(26-15-13-24-7-5-19-38-32(24)21-26,27-16-14-25-8-6-20-39-33(25)22-27)28-17-18-36-34(23-28)40-37-31-11-2-1-9-29(31)30-10-3-4-12-35(30)41(36)37/h1-23H. The van der Waals surface area contributed by atoms with Crippen molar-refractivity contribution in [2.75, 3.05) is 0 Å². The van der Waals surface area contributed by atoms with Crippen molar-refractivity contribution in [2.24, 2.45) is 0 Å². The van der Waals surface area contributed by atoms with Gasteiger partial charge in [0.15, 0.2) is 7.14 Å². The van der Waals surface area contributed by atoms with E-state index in [1.54, 1.807) is 12.4 Å². The van der Waals surface area contributed by atoms with E-state index < -0.39 is 7.14 Å². The Labute approximate surface area is 246 Å². The molecule has 0 N–H and O–H groups in total. The predicted octanol–water partition coefficient (Wildman–Crippen LogP) is 7.53. The van der Waals surface area contributed by atoms with Gasteiger partial charge < -0.3 is 4.57 Å². The van der Waals surface area contributed by atoms with E-state index in [2.05, 4.69) is 69.0 Å². The maximum absolute atomic E-state index is 15.7. The van der Waals surface area contributed by atoms with Crippen LogP contribution in [0.25, 0.3) is 60.2 Å². The van der Waals surface area contributed by atoms with Crippen LogP contribution in [0, 0.1) is 0 Å². The van der Waals surface area contributed by atoms with E-state index in [1.165, 1.54) is 10.8 Å². The maximum Gasteiger partial charge on any atom is 0.171 e. The Morgan fingerprint density at radius 3 is 1.72 bits per heavy atom. The van der Waals surface area contributed by atoms with Crippen LogP contribution in [0.15, 0.2) is 140 Å². The number of aromatic nitrogens is 4. The number of hydrogen-bond donors (Lipinski definition) is 0. The molecule has 0 radical (unpaired) electrons. The molecule has 0 aliphatic rings. The van der Waals surface area contributed by atoms with Crippen molar-refractivity contribution in [3.63, 3.8) is 0 Å². The third-order valence-electron chi connectivity index (χ3n) is 8.51. The first-order chi connectivity index (χ1) is 21.2. The summed E-state index contributed by atoms with van der Waals surface area (Å²) >= 11 is 0. The minimum Gasteiger partial charge on any atom is -0.309 e. The van der Waals surface area contributed by atoms with Gasteiger partial charge in [0, 0.05) is 49.9 Å². The molecule has 43 heavy (non-hydrogen) atoms. The van der Waals surface area contributed by atoms with Crippen LogP contribution in [0.4, 0.5) is 0 Å². The molecule has 6 heteroatoms. The van der Waals surface area contributed by atoms with Crippen molar-refractivity contribution in [2.45, 2.75) is 0 Å². The van der Waals surface area contributed by atoms with Crippen LogP contribution in [0.5, 0.6) is 0 Å². The highest BCUT2D eigenvalue weighted by Crippen LogP contribution is 2.44. The fraction of sp³-hybridized carbons (Fsp3) is 0. The number of imidazole rings is 1. The molecule has 0 aliphatic carbocycles. The molecule has 202 valence electrons. The summed E-state index contributed by atoms with van der Waals surface area (Å²) < 4.78 is 17.9. The summed E-state index contributed by atoms with van der Waals surface area (Å²) in [5, 5.41) is 7.62. The molecule has 4 aromatic heterocycles. The van der Waals surface area contributed by atoms with Gasteiger partial charge in [-0.05, 0) is 53.9 Å². The number of nitrogens with zero attached hydrogens (tertiary/aromatic N) is 4. The van der Waals surface area contributed by atoms with Gasteiger partial charge in [0.1, 0.15) is 5.65 Å². The molecule has 0 amide bonds. The molecule has 0 aliphatic heterocycles. The first-order valence-electron chi connectivity index (χ1n) is 14.2. The van der Waals surface area contributed by atoms with Gasteiger partial charge in [0.25, 0.3) is 0 Å². The highest BCUT2D eigenvalue weighted by molar-refractivity contribution is 7.85. The van der Waals surface area contributed by atoms with Gasteiger partial charge in [0.05, 0.1) is 27.6 Å². The molecule has 0 saturated carbocycles. The lowest BCUT2D eigenvalue weighted by Gasteiger charge is -2.21. The van der Waals surface area contributed by atoms with Crippen molar-refractivity contribution in [1.29, 1.82) is 0 Å². The van der Waals surface area contributed by atoms with Crippen molar-refractivity contribution in [3.8, 4) is 0 Å². The molecule has 0 atom stereocenters. The van der Waals surface area contributed by atoms with Gasteiger partial charge in [-0.3, -0.25) is 14.4 Å². The monoisotopic (exact) mass is 570 g/mol. The zero-order valence-corrected chi connectivity index (χ0v) is 23.8. The number of para-hydroxylation sites is 1. The zero-order chi connectivity index (χ0) is 28.5. The number of benzene rings is 5. The molecule has 9 rings (SSSR count). The second-order valence-electron chi connectivity index (χ2n) is 10.9. The van der Waals surface area contributed by atoms with Crippen LogP contribution < -0.4 is 15.9 Å². The van der Waals surface area contributed by atoms with Crippen LogP contribution in [0.1, 0.15) is 0 Å². The molecule has 5 aromatic carbocycles. The first kappa shape index (κ1) is 24.2. The lowest BCUT2D eigenvalue weighted by atomic mass is 10.1. The summed E-state index contributed by atoms with van der Waals surface area (Å²) in [4.78, 5) is 14.3. The number of rotatable bonds is 3. The second kappa shape index (κ2) is 9.06. The molecule has 0 saturated heterocycles. The largest absolute Gasteiger partial charge is 0.309 e. The molecule has 9 aromatic rings. The van der Waals surface area contributed by atoms with E-state index in [9.17, 15) is 0 Å². The molecule has 0 unspecified atom stereocenters. The minimum atomic E-state index is -3.36. The van der Waals surface area contributed by atoms with E-state index in [0.717, 1.165) is 65.3 Å². The fourth-order valence-corrected chi connectivity index (χ4v) is 9.11. The van der Waals surface area contributed by atoms with Crippen LogP contribution in [0.3, 0.4) is 0 Å². The molecular weight excluding hydrogens is 547 g/mol. The Kier molecular flexibility index (Phi) is 5.11. The van der Waals surface area contributed by atoms with E-state index in [1.807, 2.05) is 72.8 Å². The fourth-order valence-electron chi connectivity index (χ4n) is 6.45. The highest BCUT2D eigenvalue weighted by atomic mass is 31.2. The van der Waals surface area contributed by atoms with E-state index in [4.69, 9.17) is 4.98 Å². The van der Waals surface area contributed by atoms with Gasteiger partial charge in [-0.1, -0.05) is 78.9 Å². The second-order valence-corrected chi connectivity index (χ2v) is 13.6. The Balaban J connectivity index is 1.36. The zero-order valence-electron chi connectivity index (χ0n) is 22.9. The average Bonchev–Trinajstić information content (AvgIpc) is 3.47. The van der Waals surface area contributed by atoms with Crippen LogP contribution in [-0.2, 0) is 4.57 Å². The van der Waals surface area contributed by atoms with E-state index in [-0.39, 0.29) is 0 Å². The van der Waals surface area contributed by atoms with Gasteiger partial charge in [-0.2, -0.15) is 0 Å². The Bertz CT molecular complexity index is 2540. The summed E-state index contributed by atoms with van der Waals surface area (Å²) in [6, 6.07) is 42.7. The van der Waals surface area contributed by atoms with E-state index >= 15 is 4.57 Å². The Hall–Kier alpha value is -5.38. The normalized spacial score (nSPS) is 12.3. The van der Waals surface area contributed by atoms with Crippen molar-refractivity contribution in [1.82, 2.24) is 19.4 Å². The summed E-state index contributed by atoms with van der Waals surface area (Å²) in [5.41, 5.74) is 5.39. The SMILES string of the molecule is O=P(c1ccc2cccnc2c1)(c1ccc2cccnc2c1)c1ccc2c(c1)nc1c3ccccc3c3ccccc3n21. The summed E-state index contributed by atoms with van der Waals surface area (Å²) in [6.45, 7) is 0. The average molecular weight is 571 g/mol. The third kappa shape index (κ3) is 3.52. The lowest BCUT2D eigenvalue weighted by molar-refractivity contribution is 0.592. The third-order valence-corrected chi connectivity index (χ3v) is 11.5. The summed E-state index contributed by atoms with van der Waals surface area (Å²) in [7, 11) is -3.36. The van der Waals surface area contributed by atoms with Crippen molar-refractivity contribution >= 4 is 83.2 Å². The molecular formula is C37H23N4OP. The first-order valence-corrected chi connectivity index (χ1v) is 15.9. The molecule has 0 fully saturated rings. The van der Waals surface area contributed by atoms with Crippen molar-refractivity contribution in [3.05, 3.63) is 140 Å². The van der Waals surface area contributed by atoms with Gasteiger partial charge in [-0.25, -0.2) is 4.98 Å². The molecule has 4 heterocycles. The Morgan fingerprint density at radius 1 is 0.488 bits per heavy atom. The van der Waals surface area contributed by atoms with Crippen LogP contribution in [0.2, 0.25) is 0 Å².